The average Bonchev–Trinajstić information content (AvgIpc) is 2.43. The maximum Gasteiger partial charge on any atom is 0.412 e. The Morgan fingerprint density at radius 2 is 2.05 bits per heavy atom. The fraction of sp³-hybridized carbons (Fsp3) is 0.0769. The lowest BCUT2D eigenvalue weighted by Crippen LogP contribution is -2.14. The standard InChI is InChI=1S/C13H11BrN2O2S/c14-10-6-15-7-11(12(10)19)16-13(17)18-8-9-4-2-1-3-5-9/h1-7H,8H2,(H,15,19)(H,16,17). The van der Waals surface area contributed by atoms with E-state index in [9.17, 15) is 4.79 Å². The molecule has 0 unspecified atom stereocenters. The number of nitrogens with one attached hydrogen (secondary N) is 2. The summed E-state index contributed by atoms with van der Waals surface area (Å²) in [6, 6.07) is 9.46. The number of anilines is 1. The van der Waals surface area contributed by atoms with E-state index in [1.54, 1.807) is 12.4 Å². The molecule has 6 heteroatoms. The molecule has 0 radical (unpaired) electrons. The minimum absolute atomic E-state index is 0.219. The van der Waals surface area contributed by atoms with Gasteiger partial charge in [-0.1, -0.05) is 42.5 Å². The number of halogens is 1. The van der Waals surface area contributed by atoms with E-state index in [-0.39, 0.29) is 6.61 Å². The molecule has 2 rings (SSSR count). The molecule has 0 saturated carbocycles. The highest BCUT2D eigenvalue weighted by atomic mass is 79.9. The van der Waals surface area contributed by atoms with Crippen molar-refractivity contribution < 1.29 is 9.53 Å². The third-order valence-electron chi connectivity index (χ3n) is 2.35. The largest absolute Gasteiger partial charge is 0.444 e. The molecule has 0 atom stereocenters. The zero-order chi connectivity index (χ0) is 13.7. The van der Waals surface area contributed by atoms with Crippen LogP contribution in [0.5, 0.6) is 0 Å². The smallest absolute Gasteiger partial charge is 0.412 e. The van der Waals surface area contributed by atoms with Gasteiger partial charge in [0.25, 0.3) is 0 Å². The number of aromatic nitrogens is 1. The fourth-order valence-corrected chi connectivity index (χ4v) is 1.93. The van der Waals surface area contributed by atoms with E-state index in [2.05, 4.69) is 26.2 Å². The summed E-state index contributed by atoms with van der Waals surface area (Å²) in [7, 11) is 0. The zero-order valence-electron chi connectivity index (χ0n) is 9.85. The van der Waals surface area contributed by atoms with E-state index in [4.69, 9.17) is 17.0 Å². The Morgan fingerprint density at radius 1 is 1.32 bits per heavy atom. The fourth-order valence-electron chi connectivity index (χ4n) is 1.42. The van der Waals surface area contributed by atoms with Gasteiger partial charge in [-0.05, 0) is 21.5 Å². The Morgan fingerprint density at radius 3 is 2.79 bits per heavy atom. The molecule has 1 heterocycles. The van der Waals surface area contributed by atoms with Crippen molar-refractivity contribution in [3.05, 3.63) is 57.3 Å². The van der Waals surface area contributed by atoms with Gasteiger partial charge < -0.3 is 9.72 Å². The number of benzene rings is 1. The van der Waals surface area contributed by atoms with Crippen molar-refractivity contribution in [2.75, 3.05) is 5.32 Å². The van der Waals surface area contributed by atoms with Crippen molar-refractivity contribution in [1.29, 1.82) is 0 Å². The van der Waals surface area contributed by atoms with Crippen LogP contribution in [0, 0.1) is 4.51 Å². The second kappa shape index (κ2) is 6.49. The molecule has 0 aliphatic rings. The molecule has 0 spiro atoms. The molecule has 0 saturated heterocycles. The summed E-state index contributed by atoms with van der Waals surface area (Å²) in [5.74, 6) is 0. The minimum Gasteiger partial charge on any atom is -0.444 e. The van der Waals surface area contributed by atoms with Crippen LogP contribution in [0.25, 0.3) is 0 Å². The lowest BCUT2D eigenvalue weighted by atomic mass is 10.2. The van der Waals surface area contributed by atoms with Crippen molar-refractivity contribution in [3.63, 3.8) is 0 Å². The van der Waals surface area contributed by atoms with E-state index < -0.39 is 6.09 Å². The molecular weight excluding hydrogens is 328 g/mol. The highest BCUT2D eigenvalue weighted by Crippen LogP contribution is 2.18. The van der Waals surface area contributed by atoms with Crippen LogP contribution in [-0.4, -0.2) is 11.1 Å². The number of hydrogen-bond acceptors (Lipinski definition) is 3. The van der Waals surface area contributed by atoms with Crippen LogP contribution in [0.4, 0.5) is 10.5 Å². The van der Waals surface area contributed by atoms with Crippen molar-refractivity contribution in [2.24, 2.45) is 0 Å². The summed E-state index contributed by atoms with van der Waals surface area (Å²) in [4.78, 5) is 14.5. The van der Waals surface area contributed by atoms with Crippen molar-refractivity contribution in [3.8, 4) is 0 Å². The minimum atomic E-state index is -0.540. The number of rotatable bonds is 3. The lowest BCUT2D eigenvalue weighted by molar-refractivity contribution is 0.155. The second-order valence-corrected chi connectivity index (χ2v) is 5.00. The van der Waals surface area contributed by atoms with E-state index in [1.165, 1.54) is 0 Å². The molecule has 0 aliphatic heterocycles. The first kappa shape index (κ1) is 13.8. The molecule has 2 aromatic rings. The van der Waals surface area contributed by atoms with Gasteiger partial charge in [0, 0.05) is 12.4 Å². The van der Waals surface area contributed by atoms with Crippen LogP contribution in [0.3, 0.4) is 0 Å². The first-order valence-corrected chi connectivity index (χ1v) is 6.71. The zero-order valence-corrected chi connectivity index (χ0v) is 12.3. The Kier molecular flexibility index (Phi) is 4.70. The molecule has 0 bridgehead atoms. The topological polar surface area (TPSA) is 54.1 Å². The molecule has 0 fully saturated rings. The highest BCUT2D eigenvalue weighted by molar-refractivity contribution is 9.10. The Balaban J connectivity index is 1.95. The quantitative estimate of drug-likeness (QED) is 0.822. The van der Waals surface area contributed by atoms with Gasteiger partial charge in [-0.2, -0.15) is 0 Å². The number of ether oxygens (including phenoxy) is 1. The van der Waals surface area contributed by atoms with Crippen LogP contribution < -0.4 is 5.32 Å². The first-order chi connectivity index (χ1) is 9.16. The molecule has 1 amide bonds. The molecule has 98 valence electrons. The highest BCUT2D eigenvalue weighted by Gasteiger charge is 2.06. The van der Waals surface area contributed by atoms with Gasteiger partial charge in [0.2, 0.25) is 0 Å². The van der Waals surface area contributed by atoms with E-state index in [1.807, 2.05) is 30.3 Å². The third-order valence-corrected chi connectivity index (χ3v) is 3.68. The SMILES string of the molecule is O=C(Nc1c[nH]cc(Br)c1=S)OCc1ccccc1. The van der Waals surface area contributed by atoms with Crippen LogP contribution in [0.2, 0.25) is 0 Å². The van der Waals surface area contributed by atoms with E-state index in [0.29, 0.717) is 14.7 Å². The van der Waals surface area contributed by atoms with Gasteiger partial charge in [-0.3, -0.25) is 5.32 Å². The summed E-state index contributed by atoms with van der Waals surface area (Å²) >= 11 is 8.44. The summed E-state index contributed by atoms with van der Waals surface area (Å²) < 4.78 is 6.34. The normalized spacial score (nSPS) is 9.95. The maximum absolute atomic E-state index is 11.6. The average molecular weight is 339 g/mol. The molecular formula is C13H11BrN2O2S. The van der Waals surface area contributed by atoms with Gasteiger partial charge in [0.1, 0.15) is 6.61 Å². The number of H-pyrrole nitrogens is 1. The second-order valence-electron chi connectivity index (χ2n) is 3.73. The summed E-state index contributed by atoms with van der Waals surface area (Å²) in [6.07, 6.45) is 2.76. The Labute approximate surface area is 123 Å². The summed E-state index contributed by atoms with van der Waals surface area (Å²) in [5, 5.41) is 2.59. The van der Waals surface area contributed by atoms with Crippen molar-refractivity contribution in [1.82, 2.24) is 4.98 Å². The van der Waals surface area contributed by atoms with Crippen molar-refractivity contribution in [2.45, 2.75) is 6.61 Å². The van der Waals surface area contributed by atoms with Gasteiger partial charge >= 0.3 is 6.09 Å². The molecule has 19 heavy (non-hydrogen) atoms. The predicted octanol–water partition coefficient (Wildman–Crippen LogP) is 4.26. The molecule has 0 aliphatic carbocycles. The Hall–Kier alpha value is -1.66. The number of hydrogen-bond donors (Lipinski definition) is 2. The van der Waals surface area contributed by atoms with E-state index in [0.717, 1.165) is 5.56 Å². The number of carbonyl (C=O) groups excluding carboxylic acids is 1. The molecule has 1 aromatic heterocycles. The van der Waals surface area contributed by atoms with Crippen molar-refractivity contribution >= 4 is 39.9 Å². The summed E-state index contributed by atoms with van der Waals surface area (Å²) in [6.45, 7) is 0.219. The monoisotopic (exact) mass is 338 g/mol. The molecule has 2 N–H and O–H groups in total. The van der Waals surface area contributed by atoms with Gasteiger partial charge in [0.15, 0.2) is 0 Å². The number of carbonyl (C=O) groups is 1. The first-order valence-electron chi connectivity index (χ1n) is 5.51. The maximum atomic E-state index is 11.6. The van der Waals surface area contributed by atoms with Crippen LogP contribution in [0.15, 0.2) is 47.2 Å². The third kappa shape index (κ3) is 3.90. The van der Waals surface area contributed by atoms with Crippen LogP contribution >= 0.6 is 28.1 Å². The van der Waals surface area contributed by atoms with Gasteiger partial charge in [-0.15, -0.1) is 0 Å². The van der Waals surface area contributed by atoms with Gasteiger partial charge in [0.05, 0.1) is 14.7 Å². The molecule has 1 aromatic carbocycles. The number of pyridine rings is 1. The molecule has 4 nitrogen and oxygen atoms in total. The Bertz CT molecular complexity index is 628. The lowest BCUT2D eigenvalue weighted by Gasteiger charge is -2.07. The predicted molar refractivity (Wildman–Crippen MR) is 79.6 cm³/mol. The van der Waals surface area contributed by atoms with E-state index >= 15 is 0 Å². The van der Waals surface area contributed by atoms with Gasteiger partial charge in [-0.25, -0.2) is 4.79 Å². The number of aromatic amines is 1. The number of amides is 1. The van der Waals surface area contributed by atoms with Crippen LogP contribution in [-0.2, 0) is 11.3 Å². The van der Waals surface area contributed by atoms with Crippen LogP contribution in [0.1, 0.15) is 5.56 Å². The summed E-state index contributed by atoms with van der Waals surface area (Å²) in [5.41, 5.74) is 1.43.